The van der Waals surface area contributed by atoms with Gasteiger partial charge in [0.15, 0.2) is 0 Å². The lowest BCUT2D eigenvalue weighted by molar-refractivity contribution is -0.161. The fourth-order valence-electron chi connectivity index (χ4n) is 11.8. The number of amides is 5. The molecule has 0 bridgehead atoms. The molecule has 3 aromatic rings. The van der Waals surface area contributed by atoms with Gasteiger partial charge in [-0.2, -0.15) is 0 Å². The summed E-state index contributed by atoms with van der Waals surface area (Å²) in [5, 5.41) is 15.5. The molecule has 3 saturated carbocycles. The average Bonchev–Trinajstić information content (AvgIpc) is 3.93. The SMILES string of the molecule is C[C@H]1CC2(C(=O)O)CN(C(=O)OCc3ccccc3)CC12.C[C@H]1C[C@@]2(NC(=O)OC(C)(C)C)CN(C(=O)OCc3ccccc3)C[C@@H]12.C[C@H]1C[C@]2(NC(=O)OC(C)(C)C)CN(C(=O)OCc3ccccc3)C[C@H]12. The number of alkyl carbamates (subject to hydrolysis) is 2. The number of hydrogen-bond acceptors (Lipinski definition) is 11. The van der Waals surface area contributed by atoms with Crippen LogP contribution in [0.3, 0.4) is 0 Å². The van der Waals surface area contributed by atoms with E-state index in [1.165, 1.54) is 0 Å². The summed E-state index contributed by atoms with van der Waals surface area (Å²) in [6, 6.07) is 28.7. The van der Waals surface area contributed by atoms with Crippen LogP contribution in [0.2, 0.25) is 0 Å². The van der Waals surface area contributed by atoms with Crippen LogP contribution in [0, 0.1) is 40.9 Å². The number of fused-ring (bicyclic) bond motifs is 3. The molecule has 0 aromatic heterocycles. The normalized spacial score (nSPS) is 28.2. The molecule has 17 nitrogen and oxygen atoms in total. The van der Waals surface area contributed by atoms with E-state index < -0.39 is 51.9 Å². The van der Waals surface area contributed by atoms with Crippen LogP contribution in [0.1, 0.15) is 98.3 Å². The number of hydrogen-bond donors (Lipinski definition) is 3. The Morgan fingerprint density at radius 2 is 0.822 bits per heavy atom. The topological polar surface area (TPSA) is 203 Å². The molecule has 6 fully saturated rings. The van der Waals surface area contributed by atoms with Crippen LogP contribution in [0.4, 0.5) is 24.0 Å². The third kappa shape index (κ3) is 13.0. The van der Waals surface area contributed by atoms with Gasteiger partial charge in [-0.1, -0.05) is 112 Å². The Kier molecular flexibility index (Phi) is 16.3. The molecule has 396 valence electrons. The Labute approximate surface area is 429 Å². The van der Waals surface area contributed by atoms with Crippen LogP contribution in [0.15, 0.2) is 91.0 Å². The zero-order valence-electron chi connectivity index (χ0n) is 43.9. The third-order valence-corrected chi connectivity index (χ3v) is 15.2. The number of nitrogens with zero attached hydrogens (tertiary/aromatic N) is 3. The van der Waals surface area contributed by atoms with Crippen LogP contribution in [-0.4, -0.2) is 118 Å². The van der Waals surface area contributed by atoms with Gasteiger partial charge in [0.2, 0.25) is 0 Å². The van der Waals surface area contributed by atoms with Crippen molar-refractivity contribution in [1.82, 2.24) is 25.3 Å². The predicted molar refractivity (Wildman–Crippen MR) is 271 cm³/mol. The minimum Gasteiger partial charge on any atom is -0.481 e. The van der Waals surface area contributed by atoms with Crippen molar-refractivity contribution in [3.63, 3.8) is 0 Å². The van der Waals surface area contributed by atoms with E-state index in [-0.39, 0.29) is 56.3 Å². The molecule has 3 heterocycles. The molecule has 0 radical (unpaired) electrons. The van der Waals surface area contributed by atoms with Crippen LogP contribution >= 0.6 is 0 Å². The fourth-order valence-corrected chi connectivity index (χ4v) is 11.8. The number of aliphatic carboxylic acids is 1. The number of carboxylic acid groups (broad SMARTS) is 1. The highest BCUT2D eigenvalue weighted by Gasteiger charge is 2.63. The van der Waals surface area contributed by atoms with Gasteiger partial charge in [-0.15, -0.1) is 0 Å². The first-order chi connectivity index (χ1) is 34.4. The molecule has 3 N–H and O–H groups in total. The van der Waals surface area contributed by atoms with Crippen LogP contribution in [0.25, 0.3) is 0 Å². The van der Waals surface area contributed by atoms with Gasteiger partial charge >= 0.3 is 36.4 Å². The van der Waals surface area contributed by atoms with E-state index in [1.54, 1.807) is 14.7 Å². The van der Waals surface area contributed by atoms with Crippen molar-refractivity contribution in [3.05, 3.63) is 108 Å². The van der Waals surface area contributed by atoms with E-state index in [2.05, 4.69) is 24.5 Å². The fraction of sp³-hybridized carbons (Fsp3) is 0.571. The summed E-state index contributed by atoms with van der Waals surface area (Å²) >= 11 is 0. The number of rotatable bonds is 9. The van der Waals surface area contributed by atoms with Crippen LogP contribution < -0.4 is 10.6 Å². The molecule has 9 rings (SSSR count). The second-order valence-electron chi connectivity index (χ2n) is 23.2. The maximum Gasteiger partial charge on any atom is 0.410 e. The molecule has 9 atom stereocenters. The van der Waals surface area contributed by atoms with Gasteiger partial charge in [-0.25, -0.2) is 24.0 Å². The van der Waals surface area contributed by atoms with Gasteiger partial charge in [0.05, 0.1) is 16.5 Å². The van der Waals surface area contributed by atoms with Crippen molar-refractivity contribution < 1.29 is 57.6 Å². The molecule has 73 heavy (non-hydrogen) atoms. The summed E-state index contributed by atoms with van der Waals surface area (Å²) in [5.41, 5.74) is 0.216. The second kappa shape index (κ2) is 21.9. The summed E-state index contributed by atoms with van der Waals surface area (Å²) in [6.07, 6.45) is 0.416. The molecule has 5 amide bonds. The maximum absolute atomic E-state index is 12.5. The Hall–Kier alpha value is -6.52. The van der Waals surface area contributed by atoms with E-state index >= 15 is 0 Å². The third-order valence-electron chi connectivity index (χ3n) is 15.2. The zero-order chi connectivity index (χ0) is 52.9. The van der Waals surface area contributed by atoms with Gasteiger partial charge in [0.25, 0.3) is 0 Å². The summed E-state index contributed by atoms with van der Waals surface area (Å²) in [4.78, 5) is 77.9. The van der Waals surface area contributed by atoms with Gasteiger partial charge < -0.3 is 54.1 Å². The Morgan fingerprint density at radius 1 is 0.507 bits per heavy atom. The van der Waals surface area contributed by atoms with Crippen LogP contribution in [-0.2, 0) is 48.3 Å². The highest BCUT2D eigenvalue weighted by molar-refractivity contribution is 5.80. The van der Waals surface area contributed by atoms with E-state index in [4.69, 9.17) is 23.7 Å². The van der Waals surface area contributed by atoms with Gasteiger partial charge in [0, 0.05) is 51.1 Å². The van der Waals surface area contributed by atoms with Gasteiger partial charge in [0.1, 0.15) is 31.0 Å². The average molecular weight is 1010 g/mol. The van der Waals surface area contributed by atoms with Gasteiger partial charge in [-0.05, 0) is 101 Å². The summed E-state index contributed by atoms with van der Waals surface area (Å²) in [7, 11) is 0. The largest absolute Gasteiger partial charge is 0.481 e. The van der Waals surface area contributed by atoms with E-state index in [9.17, 15) is 33.9 Å². The smallest absolute Gasteiger partial charge is 0.410 e. The molecule has 6 aliphatic rings. The number of ether oxygens (including phenoxy) is 5. The molecule has 3 aliphatic carbocycles. The first-order valence-corrected chi connectivity index (χ1v) is 25.5. The maximum atomic E-state index is 12.5. The zero-order valence-corrected chi connectivity index (χ0v) is 43.9. The van der Waals surface area contributed by atoms with Crippen molar-refractivity contribution >= 4 is 36.4 Å². The minimum absolute atomic E-state index is 0.0549. The number of nitrogens with one attached hydrogen (secondary N) is 2. The number of carboxylic acids is 1. The first kappa shape index (κ1) is 54.3. The monoisotopic (exact) mass is 1010 g/mol. The molecular weight excluding hydrogens is 935 g/mol. The number of carbonyl (C=O) groups excluding carboxylic acids is 5. The number of likely N-dealkylation sites (tertiary alicyclic amines) is 3. The molecule has 2 unspecified atom stereocenters. The van der Waals surface area contributed by atoms with Crippen molar-refractivity contribution in [3.8, 4) is 0 Å². The van der Waals surface area contributed by atoms with Crippen molar-refractivity contribution in [2.75, 3.05) is 39.3 Å². The van der Waals surface area contributed by atoms with E-state index in [1.807, 2.05) is 139 Å². The molecule has 0 spiro atoms. The highest BCUT2D eigenvalue weighted by atomic mass is 16.6. The Morgan fingerprint density at radius 3 is 1.11 bits per heavy atom. The van der Waals surface area contributed by atoms with Crippen molar-refractivity contribution in [2.24, 2.45) is 40.9 Å². The standard InChI is InChI=1S/2C20H28N2O4.C16H19NO4/c2*1-14-10-20(21-17(23)26-19(2,3)4)13-22(11-16(14)20)18(24)25-12-15-8-6-5-7-9-15;1-11-7-16(14(18)19)10-17(8-13(11)16)15(20)21-9-12-5-3-2-4-6-12/h2*5-9,14,16H,10-13H2,1-4H3,(H,21,23);2-6,11,13H,7-10H2,1H3,(H,18,19)/t14-,16+,20-;14-,16-,20+;11-,13?,16?/m000/s1. The highest BCUT2D eigenvalue weighted by Crippen LogP contribution is 2.56. The summed E-state index contributed by atoms with van der Waals surface area (Å²) < 4.78 is 27.0. The first-order valence-electron chi connectivity index (χ1n) is 25.5. The van der Waals surface area contributed by atoms with Crippen molar-refractivity contribution in [2.45, 2.75) is 124 Å². The number of carbonyl (C=O) groups is 6. The van der Waals surface area contributed by atoms with E-state index in [0.29, 0.717) is 56.9 Å². The molecule has 3 saturated heterocycles. The Balaban J connectivity index is 0.000000161. The van der Waals surface area contributed by atoms with Gasteiger partial charge in [-0.3, -0.25) is 4.79 Å². The predicted octanol–water partition coefficient (Wildman–Crippen LogP) is 9.48. The second-order valence-corrected chi connectivity index (χ2v) is 23.2. The quantitative estimate of drug-likeness (QED) is 0.172. The lowest BCUT2D eigenvalue weighted by Crippen LogP contribution is -2.64. The molecule has 17 heteroatoms. The molecular formula is C56H75N5O12. The molecule has 3 aliphatic heterocycles. The van der Waals surface area contributed by atoms with E-state index in [0.717, 1.165) is 29.5 Å². The van der Waals surface area contributed by atoms with Crippen LogP contribution in [0.5, 0.6) is 0 Å². The summed E-state index contributed by atoms with van der Waals surface area (Å²) in [5.74, 6) is 1.00. The lowest BCUT2D eigenvalue weighted by atomic mass is 9.56. The van der Waals surface area contributed by atoms with Crippen molar-refractivity contribution in [1.29, 1.82) is 0 Å². The number of benzene rings is 3. The Bertz CT molecular complexity index is 2310. The molecule has 3 aromatic carbocycles. The minimum atomic E-state index is -0.788. The lowest BCUT2D eigenvalue weighted by Gasteiger charge is -2.49. The summed E-state index contributed by atoms with van der Waals surface area (Å²) in [6.45, 7) is 21.0.